The fraction of sp³-hybridized carbons (Fsp3) is 0.286. The highest BCUT2D eigenvalue weighted by atomic mass is 35.5. The third-order valence-electron chi connectivity index (χ3n) is 2.72. The number of benzene rings is 1. The summed E-state index contributed by atoms with van der Waals surface area (Å²) in [6.45, 7) is 4.45. The molecule has 0 fully saturated rings. The van der Waals surface area contributed by atoms with Crippen molar-refractivity contribution in [3.8, 4) is 0 Å². The number of carbonyl (C=O) groups is 1. The van der Waals surface area contributed by atoms with Crippen LogP contribution in [0.15, 0.2) is 17.5 Å². The van der Waals surface area contributed by atoms with Crippen LogP contribution in [0.3, 0.4) is 0 Å². The van der Waals surface area contributed by atoms with Crippen LogP contribution < -0.4 is 11.1 Å². The van der Waals surface area contributed by atoms with Gasteiger partial charge in [-0.15, -0.1) is 11.3 Å². The molecular formula is C14H16ClN3O2S. The van der Waals surface area contributed by atoms with Gasteiger partial charge in [-0.05, 0) is 26.0 Å². The van der Waals surface area contributed by atoms with Gasteiger partial charge in [0.1, 0.15) is 0 Å². The second kappa shape index (κ2) is 6.78. The molecule has 0 aliphatic rings. The van der Waals surface area contributed by atoms with E-state index in [0.717, 1.165) is 10.7 Å². The number of aryl methyl sites for hydroxylation is 1. The molecule has 112 valence electrons. The average Bonchev–Trinajstić information content (AvgIpc) is 2.83. The lowest BCUT2D eigenvalue weighted by atomic mass is 10.1. The lowest BCUT2D eigenvalue weighted by Gasteiger charge is -2.13. The Hall–Kier alpha value is -1.79. The summed E-state index contributed by atoms with van der Waals surface area (Å²) in [5.74, 6) is -0.455. The van der Waals surface area contributed by atoms with Crippen LogP contribution >= 0.6 is 22.9 Å². The maximum Gasteiger partial charge on any atom is 0.340 e. The minimum Gasteiger partial charge on any atom is -0.462 e. The van der Waals surface area contributed by atoms with Crippen molar-refractivity contribution >= 4 is 40.3 Å². The molecule has 0 aliphatic carbocycles. The van der Waals surface area contributed by atoms with E-state index in [1.54, 1.807) is 30.4 Å². The van der Waals surface area contributed by atoms with Gasteiger partial charge >= 0.3 is 5.97 Å². The zero-order valence-electron chi connectivity index (χ0n) is 11.8. The summed E-state index contributed by atoms with van der Waals surface area (Å²) < 4.78 is 5.03. The van der Waals surface area contributed by atoms with E-state index in [9.17, 15) is 4.79 Å². The minimum atomic E-state index is -0.455. The van der Waals surface area contributed by atoms with Crippen LogP contribution in [0.4, 0.5) is 11.4 Å². The van der Waals surface area contributed by atoms with Gasteiger partial charge in [-0.1, -0.05) is 11.6 Å². The fourth-order valence-electron chi connectivity index (χ4n) is 1.85. The van der Waals surface area contributed by atoms with Gasteiger partial charge in [0.05, 0.1) is 40.1 Å². The third-order valence-corrected chi connectivity index (χ3v) is 3.84. The first-order valence-electron chi connectivity index (χ1n) is 6.42. The van der Waals surface area contributed by atoms with Crippen LogP contribution in [0.5, 0.6) is 0 Å². The zero-order valence-corrected chi connectivity index (χ0v) is 13.3. The monoisotopic (exact) mass is 325 g/mol. The summed E-state index contributed by atoms with van der Waals surface area (Å²) in [6.07, 6.45) is 0. The third kappa shape index (κ3) is 3.86. The maximum atomic E-state index is 12.0. The molecule has 1 aromatic heterocycles. The second-order valence-corrected chi connectivity index (χ2v) is 5.83. The van der Waals surface area contributed by atoms with Crippen molar-refractivity contribution < 1.29 is 9.53 Å². The predicted octanol–water partition coefficient (Wildman–Crippen LogP) is 3.48. The molecule has 5 nitrogen and oxygen atoms in total. The number of anilines is 2. The number of nitrogens with one attached hydrogen (secondary N) is 1. The Balaban J connectivity index is 2.26. The fourth-order valence-corrected chi connectivity index (χ4v) is 2.75. The summed E-state index contributed by atoms with van der Waals surface area (Å²) in [5.41, 5.74) is 7.88. The topological polar surface area (TPSA) is 77.2 Å². The number of aromatic nitrogens is 1. The first-order chi connectivity index (χ1) is 10.0. The number of halogens is 1. The molecule has 0 atom stereocenters. The molecule has 0 radical (unpaired) electrons. The SMILES string of the molecule is CCOC(=O)c1cc(N)cc(Cl)c1NCc1csc(C)n1. The first-order valence-corrected chi connectivity index (χ1v) is 7.68. The molecule has 0 aliphatic heterocycles. The van der Waals surface area contributed by atoms with E-state index < -0.39 is 5.97 Å². The molecule has 3 N–H and O–H groups in total. The number of hydrogen-bond acceptors (Lipinski definition) is 6. The summed E-state index contributed by atoms with van der Waals surface area (Å²) in [6, 6.07) is 3.15. The van der Waals surface area contributed by atoms with Crippen molar-refractivity contribution in [3.05, 3.63) is 38.8 Å². The highest BCUT2D eigenvalue weighted by Crippen LogP contribution is 2.30. The van der Waals surface area contributed by atoms with E-state index >= 15 is 0 Å². The number of ether oxygens (including phenoxy) is 1. The van der Waals surface area contributed by atoms with Crippen LogP contribution in [0.2, 0.25) is 5.02 Å². The number of esters is 1. The number of nitrogen functional groups attached to an aromatic ring is 1. The van der Waals surface area contributed by atoms with Crippen molar-refractivity contribution in [2.75, 3.05) is 17.7 Å². The van der Waals surface area contributed by atoms with E-state index in [-0.39, 0.29) is 6.61 Å². The Morgan fingerprint density at radius 2 is 2.29 bits per heavy atom. The van der Waals surface area contributed by atoms with Gasteiger partial charge < -0.3 is 15.8 Å². The second-order valence-electron chi connectivity index (χ2n) is 4.36. The largest absolute Gasteiger partial charge is 0.462 e. The van der Waals surface area contributed by atoms with Crippen molar-refractivity contribution in [3.63, 3.8) is 0 Å². The van der Waals surface area contributed by atoms with E-state index in [1.165, 1.54) is 0 Å². The molecule has 2 rings (SSSR count). The highest BCUT2D eigenvalue weighted by Gasteiger charge is 2.17. The van der Waals surface area contributed by atoms with Crippen LogP contribution in [0, 0.1) is 6.92 Å². The molecule has 0 saturated heterocycles. The van der Waals surface area contributed by atoms with E-state index in [2.05, 4.69) is 10.3 Å². The smallest absolute Gasteiger partial charge is 0.340 e. The zero-order chi connectivity index (χ0) is 15.4. The molecule has 7 heteroatoms. The van der Waals surface area contributed by atoms with Crippen LogP contribution in [0.1, 0.15) is 28.0 Å². The number of thiazole rings is 1. The summed E-state index contributed by atoms with van der Waals surface area (Å²) in [4.78, 5) is 16.4. The van der Waals surface area contributed by atoms with Gasteiger partial charge in [0.15, 0.2) is 0 Å². The average molecular weight is 326 g/mol. The number of nitrogens with zero attached hydrogens (tertiary/aromatic N) is 1. The Kier molecular flexibility index (Phi) is 5.03. The molecule has 21 heavy (non-hydrogen) atoms. The molecule has 0 unspecified atom stereocenters. The molecule has 0 amide bonds. The Morgan fingerprint density at radius 3 is 2.90 bits per heavy atom. The van der Waals surface area contributed by atoms with Crippen molar-refractivity contribution in [2.45, 2.75) is 20.4 Å². The van der Waals surface area contributed by atoms with Gasteiger partial charge in [0.2, 0.25) is 0 Å². The van der Waals surface area contributed by atoms with Gasteiger partial charge in [-0.2, -0.15) is 0 Å². The first kappa shape index (κ1) is 15.6. The minimum absolute atomic E-state index is 0.288. The maximum absolute atomic E-state index is 12.0. The van der Waals surface area contributed by atoms with E-state index in [0.29, 0.717) is 28.5 Å². The number of nitrogens with two attached hydrogens (primary N) is 1. The molecular weight excluding hydrogens is 310 g/mol. The molecule has 0 saturated carbocycles. The summed E-state index contributed by atoms with van der Waals surface area (Å²) in [7, 11) is 0. The number of hydrogen-bond donors (Lipinski definition) is 2. The van der Waals surface area contributed by atoms with E-state index in [1.807, 2.05) is 12.3 Å². The van der Waals surface area contributed by atoms with Gasteiger partial charge in [-0.25, -0.2) is 9.78 Å². The highest BCUT2D eigenvalue weighted by molar-refractivity contribution is 7.09. The lowest BCUT2D eigenvalue weighted by molar-refractivity contribution is 0.0527. The van der Waals surface area contributed by atoms with Gasteiger partial charge in [0.25, 0.3) is 0 Å². The normalized spacial score (nSPS) is 10.4. The van der Waals surface area contributed by atoms with Crippen molar-refractivity contribution in [1.29, 1.82) is 0 Å². The van der Waals surface area contributed by atoms with E-state index in [4.69, 9.17) is 22.1 Å². The molecule has 0 spiro atoms. The molecule has 0 bridgehead atoms. The quantitative estimate of drug-likeness (QED) is 0.650. The number of carbonyl (C=O) groups excluding carboxylic acids is 1. The summed E-state index contributed by atoms with van der Waals surface area (Å²) in [5, 5.41) is 6.46. The number of rotatable bonds is 5. The summed E-state index contributed by atoms with van der Waals surface area (Å²) >= 11 is 7.75. The molecule has 2 aromatic rings. The molecule has 1 aromatic carbocycles. The Morgan fingerprint density at radius 1 is 1.52 bits per heavy atom. The standard InChI is InChI=1S/C14H16ClN3O2S/c1-3-20-14(19)11-4-9(16)5-12(15)13(11)17-6-10-7-21-8(2)18-10/h4-5,7,17H,3,6,16H2,1-2H3. The van der Waals surface area contributed by atoms with Gasteiger partial charge in [0, 0.05) is 11.1 Å². The predicted molar refractivity (Wildman–Crippen MR) is 86.0 cm³/mol. The Bertz CT molecular complexity index is 658. The van der Waals surface area contributed by atoms with Gasteiger partial charge in [-0.3, -0.25) is 0 Å². The van der Waals surface area contributed by atoms with Crippen molar-refractivity contribution in [1.82, 2.24) is 4.98 Å². The van der Waals surface area contributed by atoms with Crippen LogP contribution in [-0.2, 0) is 11.3 Å². The lowest BCUT2D eigenvalue weighted by Crippen LogP contribution is -2.11. The van der Waals surface area contributed by atoms with Crippen molar-refractivity contribution in [2.24, 2.45) is 0 Å². The molecule has 1 heterocycles. The van der Waals surface area contributed by atoms with Crippen LogP contribution in [-0.4, -0.2) is 17.6 Å². The Labute approximate surface area is 132 Å². The van der Waals surface area contributed by atoms with Crippen LogP contribution in [0.25, 0.3) is 0 Å².